The summed E-state index contributed by atoms with van der Waals surface area (Å²) in [6.45, 7) is 0.635. The minimum absolute atomic E-state index is 0.206. The number of Topliss-reactive ketones (excluding diaryl/α,β-unsaturated/α-hetero) is 1. The van der Waals surface area contributed by atoms with Gasteiger partial charge in [-0.15, -0.1) is 0 Å². The van der Waals surface area contributed by atoms with E-state index in [1.807, 2.05) is 0 Å². The number of carbonyl (C=O) groups is 1. The molecule has 0 amide bonds. The molecular weight excluding hydrogens is 176 g/mol. The molecule has 13 heavy (non-hydrogen) atoms. The number of aliphatic hydroxyl groups excluding tert-OH is 1. The molecule has 0 aliphatic carbocycles. The Morgan fingerprint density at radius 1 is 1.62 bits per heavy atom. The first-order valence-corrected chi connectivity index (χ1v) is 3.54. The first-order chi connectivity index (χ1) is 6.06. The van der Waals surface area contributed by atoms with Crippen molar-refractivity contribution in [3.05, 3.63) is 27.8 Å². The quantitative estimate of drug-likeness (QED) is 0.623. The van der Waals surface area contributed by atoms with E-state index in [1.165, 1.54) is 6.92 Å². The second kappa shape index (κ2) is 3.40. The van der Waals surface area contributed by atoms with Crippen LogP contribution in [0.25, 0.3) is 0 Å². The summed E-state index contributed by atoms with van der Waals surface area (Å²) >= 11 is 0. The van der Waals surface area contributed by atoms with E-state index < -0.39 is 29.3 Å². The fourth-order valence-corrected chi connectivity index (χ4v) is 0.932. The lowest BCUT2D eigenvalue weighted by molar-refractivity contribution is 0.0896. The predicted octanol–water partition coefficient (Wildman–Crippen LogP) is -0.171. The number of aliphatic hydroxyl groups is 1. The molecule has 0 saturated carbocycles. The van der Waals surface area contributed by atoms with Crippen molar-refractivity contribution in [3.63, 3.8) is 0 Å². The summed E-state index contributed by atoms with van der Waals surface area (Å²) in [4.78, 5) is 21.9. The molecule has 1 heterocycles. The van der Waals surface area contributed by atoms with Gasteiger partial charge in [-0.05, 0) is 6.92 Å². The lowest BCUT2D eigenvalue weighted by Crippen LogP contribution is -2.17. The van der Waals surface area contributed by atoms with Gasteiger partial charge in [0.25, 0.3) is 0 Å². The number of aromatic hydroxyl groups is 1. The van der Waals surface area contributed by atoms with Gasteiger partial charge in [0, 0.05) is 6.07 Å². The SMILES string of the molecule is Cc1cc(O)c(C(=O)CO)c(=O)o1. The third-order valence-electron chi connectivity index (χ3n) is 1.48. The van der Waals surface area contributed by atoms with Gasteiger partial charge in [0.2, 0.25) is 0 Å². The van der Waals surface area contributed by atoms with Crippen molar-refractivity contribution >= 4 is 5.78 Å². The number of hydrogen-bond donors (Lipinski definition) is 2. The zero-order valence-electron chi connectivity index (χ0n) is 6.90. The zero-order valence-corrected chi connectivity index (χ0v) is 6.90. The molecule has 70 valence electrons. The predicted molar refractivity (Wildman–Crippen MR) is 42.8 cm³/mol. The summed E-state index contributed by atoms with van der Waals surface area (Å²) in [6.07, 6.45) is 0. The van der Waals surface area contributed by atoms with Gasteiger partial charge in [-0.1, -0.05) is 0 Å². The standard InChI is InChI=1S/C8H8O5/c1-4-2-5(10)7(6(11)3-9)8(12)13-4/h2,9-10H,3H2,1H3. The molecule has 1 rings (SSSR count). The molecule has 0 fully saturated rings. The number of hydrogen-bond acceptors (Lipinski definition) is 5. The maximum Gasteiger partial charge on any atom is 0.350 e. The summed E-state index contributed by atoms with van der Waals surface area (Å²) in [7, 11) is 0. The van der Waals surface area contributed by atoms with E-state index in [1.54, 1.807) is 0 Å². The Kier molecular flexibility index (Phi) is 2.48. The average Bonchev–Trinajstić information content (AvgIpc) is 2.02. The van der Waals surface area contributed by atoms with Crippen LogP contribution in [0.2, 0.25) is 0 Å². The van der Waals surface area contributed by atoms with E-state index >= 15 is 0 Å². The highest BCUT2D eigenvalue weighted by atomic mass is 16.4. The third kappa shape index (κ3) is 1.75. The molecule has 2 N–H and O–H groups in total. The Hall–Kier alpha value is -1.62. The fourth-order valence-electron chi connectivity index (χ4n) is 0.932. The molecule has 0 saturated heterocycles. The van der Waals surface area contributed by atoms with Crippen LogP contribution in [0.4, 0.5) is 0 Å². The van der Waals surface area contributed by atoms with Crippen LogP contribution >= 0.6 is 0 Å². The lowest BCUT2D eigenvalue weighted by atomic mass is 10.2. The first-order valence-electron chi connectivity index (χ1n) is 3.54. The summed E-state index contributed by atoms with van der Waals surface area (Å²) in [5.74, 6) is -1.11. The Balaban J connectivity index is 3.38. The van der Waals surface area contributed by atoms with Gasteiger partial charge in [-0.2, -0.15) is 0 Å². The summed E-state index contributed by atoms with van der Waals surface area (Å²) in [5, 5.41) is 17.6. The Bertz CT molecular complexity index is 390. The molecule has 0 radical (unpaired) electrons. The van der Waals surface area contributed by atoms with Gasteiger partial charge >= 0.3 is 5.63 Å². The molecule has 5 heteroatoms. The minimum atomic E-state index is -0.934. The summed E-state index contributed by atoms with van der Waals surface area (Å²) in [6, 6.07) is 1.14. The van der Waals surface area contributed by atoms with E-state index in [0.717, 1.165) is 6.07 Å². The van der Waals surface area contributed by atoms with Crippen LogP contribution in [0.5, 0.6) is 5.75 Å². The Morgan fingerprint density at radius 2 is 2.23 bits per heavy atom. The van der Waals surface area contributed by atoms with Crippen LogP contribution in [-0.2, 0) is 0 Å². The minimum Gasteiger partial charge on any atom is -0.507 e. The van der Waals surface area contributed by atoms with Gasteiger partial charge in [0.05, 0.1) is 0 Å². The third-order valence-corrected chi connectivity index (χ3v) is 1.48. The topological polar surface area (TPSA) is 87.7 Å². The molecule has 0 aromatic carbocycles. The van der Waals surface area contributed by atoms with E-state index in [9.17, 15) is 14.7 Å². The van der Waals surface area contributed by atoms with E-state index in [-0.39, 0.29) is 5.76 Å². The van der Waals surface area contributed by atoms with Gasteiger partial charge in [-0.3, -0.25) is 4.79 Å². The lowest BCUT2D eigenvalue weighted by Gasteiger charge is -1.99. The van der Waals surface area contributed by atoms with Crippen molar-refractivity contribution in [3.8, 4) is 5.75 Å². The number of ketones is 1. The molecule has 0 bridgehead atoms. The van der Waals surface area contributed by atoms with Gasteiger partial charge in [-0.25, -0.2) is 4.79 Å². The van der Waals surface area contributed by atoms with E-state index in [2.05, 4.69) is 4.42 Å². The molecule has 0 aliphatic heterocycles. The number of aryl methyl sites for hydroxylation is 1. The van der Waals surface area contributed by atoms with Crippen molar-refractivity contribution in [1.82, 2.24) is 0 Å². The van der Waals surface area contributed by atoms with Crippen LogP contribution in [0, 0.1) is 6.92 Å². The van der Waals surface area contributed by atoms with E-state index in [0.29, 0.717) is 0 Å². The highest BCUT2D eigenvalue weighted by Crippen LogP contribution is 2.14. The van der Waals surface area contributed by atoms with Crippen molar-refractivity contribution < 1.29 is 19.4 Å². The van der Waals surface area contributed by atoms with Crippen LogP contribution in [-0.4, -0.2) is 22.6 Å². The van der Waals surface area contributed by atoms with Gasteiger partial charge in [0.1, 0.15) is 23.7 Å². The fraction of sp³-hybridized carbons (Fsp3) is 0.250. The maximum atomic E-state index is 11.0. The van der Waals surface area contributed by atoms with E-state index in [4.69, 9.17) is 5.11 Å². The molecule has 0 atom stereocenters. The molecule has 0 unspecified atom stereocenters. The highest BCUT2D eigenvalue weighted by molar-refractivity contribution is 5.98. The summed E-state index contributed by atoms with van der Waals surface area (Å²) in [5.41, 5.74) is -1.44. The number of rotatable bonds is 2. The molecule has 1 aromatic rings. The zero-order chi connectivity index (χ0) is 10.0. The Labute approximate surface area is 73.2 Å². The summed E-state index contributed by atoms with van der Waals surface area (Å²) < 4.78 is 4.56. The van der Waals surface area contributed by atoms with Crippen molar-refractivity contribution in [1.29, 1.82) is 0 Å². The first kappa shape index (κ1) is 9.47. The molecule has 0 aliphatic rings. The largest absolute Gasteiger partial charge is 0.507 e. The van der Waals surface area contributed by atoms with Crippen molar-refractivity contribution in [2.24, 2.45) is 0 Å². The molecule has 5 nitrogen and oxygen atoms in total. The van der Waals surface area contributed by atoms with Crippen LogP contribution in [0.15, 0.2) is 15.3 Å². The van der Waals surface area contributed by atoms with Crippen LogP contribution < -0.4 is 5.63 Å². The molecule has 1 aromatic heterocycles. The second-order valence-electron chi connectivity index (χ2n) is 2.49. The van der Waals surface area contributed by atoms with Crippen molar-refractivity contribution in [2.45, 2.75) is 6.92 Å². The average molecular weight is 184 g/mol. The molecule has 0 spiro atoms. The highest BCUT2D eigenvalue weighted by Gasteiger charge is 2.16. The van der Waals surface area contributed by atoms with Gasteiger partial charge < -0.3 is 14.6 Å². The maximum absolute atomic E-state index is 11.0. The Morgan fingerprint density at radius 3 is 2.69 bits per heavy atom. The number of carbonyl (C=O) groups excluding carboxylic acids is 1. The van der Waals surface area contributed by atoms with Crippen LogP contribution in [0.1, 0.15) is 16.1 Å². The normalized spacial score (nSPS) is 10.0. The monoisotopic (exact) mass is 184 g/mol. The molecular formula is C8H8O5. The van der Waals surface area contributed by atoms with Crippen LogP contribution in [0.3, 0.4) is 0 Å². The smallest absolute Gasteiger partial charge is 0.350 e. The van der Waals surface area contributed by atoms with Crippen molar-refractivity contribution in [2.75, 3.05) is 6.61 Å². The van der Waals surface area contributed by atoms with Gasteiger partial charge in [0.15, 0.2) is 5.78 Å². The second-order valence-corrected chi connectivity index (χ2v) is 2.49.